The van der Waals surface area contributed by atoms with Crippen LogP contribution in [-0.2, 0) is 6.54 Å². The molecule has 0 spiro atoms. The molecule has 0 saturated heterocycles. The molecule has 4 nitrogen and oxygen atoms in total. The third-order valence-corrected chi connectivity index (χ3v) is 5.10. The van der Waals surface area contributed by atoms with Crippen LogP contribution in [0.2, 0.25) is 0 Å². The van der Waals surface area contributed by atoms with E-state index in [1.54, 1.807) is 0 Å². The lowest BCUT2D eigenvalue weighted by Gasteiger charge is -2.26. The third-order valence-electron chi connectivity index (χ3n) is 5.10. The summed E-state index contributed by atoms with van der Waals surface area (Å²) in [6.45, 7) is 16.0. The van der Waals surface area contributed by atoms with Crippen LogP contribution in [-0.4, -0.2) is 28.3 Å². The van der Waals surface area contributed by atoms with Crippen molar-refractivity contribution in [2.24, 2.45) is 5.92 Å². The molecule has 0 aromatic heterocycles. The van der Waals surface area contributed by atoms with E-state index in [9.17, 15) is 10.3 Å². The fourth-order valence-corrected chi connectivity index (χ4v) is 3.49. The fourth-order valence-electron chi connectivity index (χ4n) is 3.49. The van der Waals surface area contributed by atoms with Crippen LogP contribution in [0.3, 0.4) is 0 Å². The molecule has 0 heterocycles. The highest BCUT2D eigenvalue weighted by Gasteiger charge is 2.15. The number of benzene rings is 1. The number of rotatable bonds is 9. The minimum absolute atomic E-state index is 0.0622. The molecule has 1 unspecified atom stereocenters. The molecule has 0 fully saturated rings. The summed E-state index contributed by atoms with van der Waals surface area (Å²) in [6, 6.07) is 7.70. The van der Waals surface area contributed by atoms with E-state index in [2.05, 4.69) is 62.5 Å². The molecule has 0 aliphatic heterocycles. The predicted octanol–water partition coefficient (Wildman–Crippen LogP) is 5.37. The Morgan fingerprint density at radius 1 is 1.21 bits per heavy atom. The number of nitrogens with zero attached hydrogens (tertiary/aromatic N) is 1. The predicted molar refractivity (Wildman–Crippen MR) is 117 cm³/mol. The summed E-state index contributed by atoms with van der Waals surface area (Å²) in [5, 5.41) is 18.8. The zero-order chi connectivity index (χ0) is 20.7. The summed E-state index contributed by atoms with van der Waals surface area (Å²) in [6.07, 6.45) is 7.78. The Labute approximate surface area is 168 Å². The lowest BCUT2D eigenvalue weighted by molar-refractivity contribution is 0.182. The van der Waals surface area contributed by atoms with Crippen molar-refractivity contribution in [3.05, 3.63) is 89.2 Å². The first-order valence-corrected chi connectivity index (χ1v) is 9.69. The van der Waals surface area contributed by atoms with E-state index in [0.717, 1.165) is 18.5 Å². The van der Waals surface area contributed by atoms with Crippen LogP contribution in [0.4, 0.5) is 0 Å². The Bertz CT molecular complexity index is 818. The van der Waals surface area contributed by atoms with Crippen molar-refractivity contribution in [2.75, 3.05) is 13.1 Å². The maximum absolute atomic E-state index is 9.66. The van der Waals surface area contributed by atoms with Gasteiger partial charge in [-0.3, -0.25) is 15.6 Å². The van der Waals surface area contributed by atoms with Gasteiger partial charge in [0.25, 0.3) is 0 Å². The second-order valence-corrected chi connectivity index (χ2v) is 7.46. The number of nitrogens with one attached hydrogen (secondary N) is 1. The molecule has 0 saturated carbocycles. The Morgan fingerprint density at radius 2 is 1.96 bits per heavy atom. The molecule has 1 atom stereocenters. The highest BCUT2D eigenvalue weighted by Crippen LogP contribution is 2.27. The van der Waals surface area contributed by atoms with Gasteiger partial charge in [0.15, 0.2) is 0 Å². The standard InChI is InChI=1S/C24H32N2O2/c1-6-17(2)24-11-10-22(12-18(24)3)16-26(14-19(4)25-28)15-21-8-7-9-23(13-21)20(5)27/h7-13,18,25,27-28H,4-6,14-16H2,1-3H3/b24-17+. The van der Waals surface area contributed by atoms with Gasteiger partial charge in [0.05, 0.1) is 0 Å². The van der Waals surface area contributed by atoms with Gasteiger partial charge in [-0.15, -0.1) is 0 Å². The molecule has 2 rings (SSSR count). The number of allylic oxidation sites excluding steroid dienone is 4. The Kier molecular flexibility index (Phi) is 7.85. The quantitative estimate of drug-likeness (QED) is 0.398. The maximum Gasteiger partial charge on any atom is 0.115 e. The van der Waals surface area contributed by atoms with Crippen LogP contribution >= 0.6 is 0 Å². The van der Waals surface area contributed by atoms with Crippen molar-refractivity contribution >= 4 is 5.76 Å². The molecule has 28 heavy (non-hydrogen) atoms. The highest BCUT2D eigenvalue weighted by atomic mass is 16.5. The number of aliphatic hydroxyl groups is 1. The van der Waals surface area contributed by atoms with Crippen LogP contribution in [0.15, 0.2) is 78.1 Å². The smallest absolute Gasteiger partial charge is 0.115 e. The van der Waals surface area contributed by atoms with Crippen LogP contribution in [0.5, 0.6) is 0 Å². The van der Waals surface area contributed by atoms with Gasteiger partial charge in [-0.1, -0.05) is 69.0 Å². The van der Waals surface area contributed by atoms with E-state index in [4.69, 9.17) is 0 Å². The van der Waals surface area contributed by atoms with Crippen LogP contribution in [0, 0.1) is 5.92 Å². The van der Waals surface area contributed by atoms with Crippen molar-refractivity contribution in [2.45, 2.75) is 33.7 Å². The zero-order valence-corrected chi connectivity index (χ0v) is 17.2. The van der Waals surface area contributed by atoms with E-state index in [0.29, 0.717) is 30.3 Å². The van der Waals surface area contributed by atoms with Gasteiger partial charge < -0.3 is 5.11 Å². The molecule has 1 aliphatic carbocycles. The van der Waals surface area contributed by atoms with E-state index >= 15 is 0 Å². The Hall–Kier alpha value is -2.56. The zero-order valence-electron chi connectivity index (χ0n) is 17.2. The van der Waals surface area contributed by atoms with Gasteiger partial charge >= 0.3 is 0 Å². The summed E-state index contributed by atoms with van der Waals surface area (Å²) in [7, 11) is 0. The topological polar surface area (TPSA) is 55.7 Å². The number of hydroxylamine groups is 1. The minimum Gasteiger partial charge on any atom is -0.508 e. The first-order chi connectivity index (χ1) is 13.3. The van der Waals surface area contributed by atoms with Gasteiger partial charge in [0, 0.05) is 30.9 Å². The third kappa shape index (κ3) is 5.98. The molecule has 0 amide bonds. The minimum atomic E-state index is 0.0622. The lowest BCUT2D eigenvalue weighted by atomic mass is 9.88. The molecule has 3 N–H and O–H groups in total. The van der Waals surface area contributed by atoms with Gasteiger partial charge in [0.2, 0.25) is 0 Å². The van der Waals surface area contributed by atoms with Gasteiger partial charge in [0.1, 0.15) is 5.76 Å². The molecular formula is C24H32N2O2. The monoisotopic (exact) mass is 380 g/mol. The van der Waals surface area contributed by atoms with Gasteiger partial charge in [-0.2, -0.15) is 0 Å². The Morgan fingerprint density at radius 3 is 2.57 bits per heavy atom. The van der Waals surface area contributed by atoms with E-state index in [-0.39, 0.29) is 5.76 Å². The van der Waals surface area contributed by atoms with Gasteiger partial charge in [-0.25, -0.2) is 0 Å². The van der Waals surface area contributed by atoms with Crippen molar-refractivity contribution in [3.8, 4) is 0 Å². The lowest BCUT2D eigenvalue weighted by Crippen LogP contribution is -2.31. The van der Waals surface area contributed by atoms with Crippen LogP contribution < -0.4 is 5.48 Å². The second-order valence-electron chi connectivity index (χ2n) is 7.46. The maximum atomic E-state index is 9.66. The summed E-state index contributed by atoms with van der Waals surface area (Å²) in [5.41, 5.74) is 8.54. The molecule has 1 aromatic rings. The average molecular weight is 381 g/mol. The van der Waals surface area contributed by atoms with Crippen molar-refractivity contribution in [1.82, 2.24) is 10.4 Å². The number of hydrogen-bond acceptors (Lipinski definition) is 4. The molecule has 0 radical (unpaired) electrons. The SMILES string of the molecule is C=C(CN(CC1=CC(C)/C(=C(\C)CC)C=C1)Cc1cccc(C(=C)O)c1)NO. The first kappa shape index (κ1) is 21.7. The van der Waals surface area contributed by atoms with Crippen molar-refractivity contribution in [3.63, 3.8) is 0 Å². The van der Waals surface area contributed by atoms with Gasteiger partial charge in [-0.05, 0) is 42.0 Å². The van der Waals surface area contributed by atoms with Crippen molar-refractivity contribution < 1.29 is 10.3 Å². The molecule has 150 valence electrons. The van der Waals surface area contributed by atoms with E-state index in [1.165, 1.54) is 16.7 Å². The normalized spacial score (nSPS) is 18.0. The first-order valence-electron chi connectivity index (χ1n) is 9.69. The van der Waals surface area contributed by atoms with Crippen LogP contribution in [0.25, 0.3) is 5.76 Å². The van der Waals surface area contributed by atoms with Crippen LogP contribution in [0.1, 0.15) is 38.3 Å². The summed E-state index contributed by atoms with van der Waals surface area (Å²) < 4.78 is 0. The summed E-state index contributed by atoms with van der Waals surface area (Å²) in [5.74, 6) is 0.453. The number of aliphatic hydroxyl groups excluding tert-OH is 1. The fraction of sp³-hybridized carbons (Fsp3) is 0.333. The largest absolute Gasteiger partial charge is 0.508 e. The molecule has 0 bridgehead atoms. The average Bonchev–Trinajstić information content (AvgIpc) is 2.67. The second kappa shape index (κ2) is 10.1. The highest BCUT2D eigenvalue weighted by molar-refractivity contribution is 5.56. The molecule has 1 aliphatic rings. The molecule has 1 aromatic carbocycles. The molecular weight excluding hydrogens is 348 g/mol. The van der Waals surface area contributed by atoms with E-state index < -0.39 is 0 Å². The number of hydrogen-bond donors (Lipinski definition) is 3. The summed E-state index contributed by atoms with van der Waals surface area (Å²) in [4.78, 5) is 2.20. The summed E-state index contributed by atoms with van der Waals surface area (Å²) >= 11 is 0. The van der Waals surface area contributed by atoms with E-state index in [1.807, 2.05) is 24.3 Å². The Balaban J connectivity index is 2.18. The molecule has 4 heteroatoms. The van der Waals surface area contributed by atoms with Crippen molar-refractivity contribution in [1.29, 1.82) is 0 Å².